The summed E-state index contributed by atoms with van der Waals surface area (Å²) >= 11 is 0. The second-order valence-corrected chi connectivity index (χ2v) is 3.18. The molecule has 1 atom stereocenters. The van der Waals surface area contributed by atoms with Gasteiger partial charge in [-0.25, -0.2) is 0 Å². The first-order valence-electron chi connectivity index (χ1n) is 4.15. The average molecular weight is 177 g/mol. The molecular weight excluding hydrogens is 158 g/mol. The van der Waals surface area contributed by atoms with E-state index in [0.717, 1.165) is 13.0 Å². The van der Waals surface area contributed by atoms with Gasteiger partial charge < -0.3 is 20.3 Å². The first-order valence-corrected chi connectivity index (χ1v) is 4.15. The molecule has 0 saturated heterocycles. The summed E-state index contributed by atoms with van der Waals surface area (Å²) in [6, 6.07) is 0. The van der Waals surface area contributed by atoms with Gasteiger partial charge in [-0.15, -0.1) is 0 Å². The Morgan fingerprint density at radius 1 is 1.50 bits per heavy atom. The Morgan fingerprint density at radius 3 is 2.67 bits per heavy atom. The molecule has 0 aromatic rings. The molecule has 0 saturated carbocycles. The van der Waals surface area contributed by atoms with Gasteiger partial charge in [0.1, 0.15) is 0 Å². The van der Waals surface area contributed by atoms with Gasteiger partial charge in [0.05, 0.1) is 12.2 Å². The zero-order valence-electron chi connectivity index (χ0n) is 7.84. The molecule has 1 unspecified atom stereocenters. The summed E-state index contributed by atoms with van der Waals surface area (Å²) in [7, 11) is 1.66. The SMILES string of the molecule is COCCCNCC(C)(O)CO. The highest BCUT2D eigenvalue weighted by atomic mass is 16.5. The number of nitrogens with one attached hydrogen (secondary N) is 1. The van der Waals surface area contributed by atoms with Crippen molar-refractivity contribution >= 4 is 0 Å². The summed E-state index contributed by atoms with van der Waals surface area (Å²) < 4.78 is 4.85. The minimum atomic E-state index is -1.01. The monoisotopic (exact) mass is 177 g/mol. The standard InChI is InChI=1S/C8H19NO3/c1-8(11,7-10)6-9-4-3-5-12-2/h9-11H,3-7H2,1-2H3. The fourth-order valence-corrected chi connectivity index (χ4v) is 0.755. The molecule has 3 N–H and O–H groups in total. The summed E-state index contributed by atoms with van der Waals surface area (Å²) in [5.41, 5.74) is -1.01. The number of ether oxygens (including phenoxy) is 1. The van der Waals surface area contributed by atoms with Crippen LogP contribution in [0.1, 0.15) is 13.3 Å². The fourth-order valence-electron chi connectivity index (χ4n) is 0.755. The third-order valence-corrected chi connectivity index (χ3v) is 1.55. The molecule has 0 radical (unpaired) electrons. The van der Waals surface area contributed by atoms with Gasteiger partial charge in [0.15, 0.2) is 0 Å². The molecule has 12 heavy (non-hydrogen) atoms. The highest BCUT2D eigenvalue weighted by Crippen LogP contribution is 1.97. The topological polar surface area (TPSA) is 61.7 Å². The van der Waals surface area contributed by atoms with Crippen LogP contribution in [-0.4, -0.2) is 49.2 Å². The summed E-state index contributed by atoms with van der Waals surface area (Å²) in [5, 5.41) is 21.0. The zero-order chi connectivity index (χ0) is 9.45. The highest BCUT2D eigenvalue weighted by Gasteiger charge is 2.17. The predicted octanol–water partition coefficient (Wildman–Crippen LogP) is -0.644. The van der Waals surface area contributed by atoms with Crippen LogP contribution in [0.3, 0.4) is 0 Å². The number of aliphatic hydroxyl groups is 2. The van der Waals surface area contributed by atoms with Crippen molar-refractivity contribution in [3.63, 3.8) is 0 Å². The normalized spacial score (nSPS) is 16.0. The Kier molecular flexibility index (Phi) is 6.28. The molecule has 0 rings (SSSR count). The Morgan fingerprint density at radius 2 is 2.17 bits per heavy atom. The van der Waals surface area contributed by atoms with Crippen LogP contribution in [0, 0.1) is 0 Å². The molecule has 0 aromatic heterocycles. The van der Waals surface area contributed by atoms with Crippen molar-refractivity contribution in [3.05, 3.63) is 0 Å². The summed E-state index contributed by atoms with van der Waals surface area (Å²) in [6.45, 7) is 3.30. The molecule has 0 fully saturated rings. The first kappa shape index (κ1) is 11.8. The van der Waals surface area contributed by atoms with E-state index >= 15 is 0 Å². The summed E-state index contributed by atoms with van der Waals surface area (Å²) in [5.74, 6) is 0. The van der Waals surface area contributed by atoms with Gasteiger partial charge >= 0.3 is 0 Å². The molecule has 0 spiro atoms. The van der Waals surface area contributed by atoms with Crippen LogP contribution < -0.4 is 5.32 Å². The molecule has 4 heteroatoms. The van der Waals surface area contributed by atoms with Crippen LogP contribution in [0.4, 0.5) is 0 Å². The van der Waals surface area contributed by atoms with Gasteiger partial charge in [0, 0.05) is 20.3 Å². The maximum atomic E-state index is 9.34. The molecule has 0 aliphatic carbocycles. The van der Waals surface area contributed by atoms with Crippen molar-refractivity contribution in [2.75, 3.05) is 33.4 Å². The smallest absolute Gasteiger partial charge is 0.0972 e. The van der Waals surface area contributed by atoms with Crippen molar-refractivity contribution < 1.29 is 14.9 Å². The van der Waals surface area contributed by atoms with Crippen LogP contribution in [0.5, 0.6) is 0 Å². The molecule has 74 valence electrons. The molecule has 0 bridgehead atoms. The molecule has 0 amide bonds. The lowest BCUT2D eigenvalue weighted by atomic mass is 10.1. The average Bonchev–Trinajstić information content (AvgIpc) is 2.04. The lowest BCUT2D eigenvalue weighted by Gasteiger charge is -2.20. The van der Waals surface area contributed by atoms with Crippen molar-refractivity contribution in [2.45, 2.75) is 18.9 Å². The van der Waals surface area contributed by atoms with Crippen molar-refractivity contribution in [1.29, 1.82) is 0 Å². The van der Waals surface area contributed by atoms with Crippen molar-refractivity contribution in [3.8, 4) is 0 Å². The Bertz CT molecular complexity index is 106. The Labute approximate surface area is 73.5 Å². The molecule has 0 aromatic carbocycles. The third-order valence-electron chi connectivity index (χ3n) is 1.55. The molecular formula is C8H19NO3. The van der Waals surface area contributed by atoms with E-state index in [2.05, 4.69) is 5.32 Å². The molecule has 0 aliphatic rings. The number of aliphatic hydroxyl groups excluding tert-OH is 1. The van der Waals surface area contributed by atoms with E-state index in [4.69, 9.17) is 9.84 Å². The lowest BCUT2D eigenvalue weighted by Crippen LogP contribution is -2.41. The third kappa shape index (κ3) is 6.54. The van der Waals surface area contributed by atoms with Gasteiger partial charge in [-0.3, -0.25) is 0 Å². The number of rotatable bonds is 7. The molecule has 0 heterocycles. The van der Waals surface area contributed by atoms with Gasteiger partial charge in [-0.1, -0.05) is 0 Å². The van der Waals surface area contributed by atoms with Crippen LogP contribution >= 0.6 is 0 Å². The van der Waals surface area contributed by atoms with E-state index in [0.29, 0.717) is 13.2 Å². The van der Waals surface area contributed by atoms with Gasteiger partial charge in [-0.2, -0.15) is 0 Å². The van der Waals surface area contributed by atoms with E-state index in [1.165, 1.54) is 0 Å². The quantitative estimate of drug-likeness (QED) is 0.452. The molecule has 4 nitrogen and oxygen atoms in total. The van der Waals surface area contributed by atoms with Crippen molar-refractivity contribution in [2.24, 2.45) is 0 Å². The number of hydrogen-bond acceptors (Lipinski definition) is 4. The van der Waals surface area contributed by atoms with E-state index in [-0.39, 0.29) is 6.61 Å². The van der Waals surface area contributed by atoms with Crippen LogP contribution in [-0.2, 0) is 4.74 Å². The van der Waals surface area contributed by atoms with Gasteiger partial charge in [0.2, 0.25) is 0 Å². The number of methoxy groups -OCH3 is 1. The summed E-state index contributed by atoms with van der Waals surface area (Å²) in [4.78, 5) is 0. The minimum absolute atomic E-state index is 0.218. The first-order chi connectivity index (χ1) is 5.62. The van der Waals surface area contributed by atoms with E-state index in [1.54, 1.807) is 14.0 Å². The van der Waals surface area contributed by atoms with Crippen LogP contribution in [0.15, 0.2) is 0 Å². The van der Waals surface area contributed by atoms with Gasteiger partial charge in [0.25, 0.3) is 0 Å². The maximum absolute atomic E-state index is 9.34. The number of hydrogen-bond donors (Lipinski definition) is 3. The fraction of sp³-hybridized carbons (Fsp3) is 1.00. The van der Waals surface area contributed by atoms with E-state index < -0.39 is 5.60 Å². The minimum Gasteiger partial charge on any atom is -0.393 e. The predicted molar refractivity (Wildman–Crippen MR) is 47.1 cm³/mol. The second kappa shape index (κ2) is 6.37. The zero-order valence-corrected chi connectivity index (χ0v) is 7.84. The van der Waals surface area contributed by atoms with Crippen LogP contribution in [0.25, 0.3) is 0 Å². The van der Waals surface area contributed by atoms with E-state index in [1.807, 2.05) is 0 Å². The Balaban J connectivity index is 3.19. The van der Waals surface area contributed by atoms with E-state index in [9.17, 15) is 5.11 Å². The Hall–Kier alpha value is -0.160. The second-order valence-electron chi connectivity index (χ2n) is 3.18. The maximum Gasteiger partial charge on any atom is 0.0972 e. The highest BCUT2D eigenvalue weighted by molar-refractivity contribution is 4.73. The van der Waals surface area contributed by atoms with Crippen LogP contribution in [0.2, 0.25) is 0 Å². The van der Waals surface area contributed by atoms with Crippen molar-refractivity contribution in [1.82, 2.24) is 5.32 Å². The summed E-state index contributed by atoms with van der Waals surface area (Å²) in [6.07, 6.45) is 0.915. The lowest BCUT2D eigenvalue weighted by molar-refractivity contribution is 0.00261. The largest absolute Gasteiger partial charge is 0.393 e. The van der Waals surface area contributed by atoms with Gasteiger partial charge in [-0.05, 0) is 19.9 Å². The molecule has 0 aliphatic heterocycles.